The summed E-state index contributed by atoms with van der Waals surface area (Å²) in [6.45, 7) is 0. The molecule has 1 amide bonds. The zero-order valence-corrected chi connectivity index (χ0v) is 10.9. The molecule has 1 aliphatic heterocycles. The fourth-order valence-electron chi connectivity index (χ4n) is 2.04. The van der Waals surface area contributed by atoms with Gasteiger partial charge in [-0.15, -0.1) is 0 Å². The van der Waals surface area contributed by atoms with Crippen LogP contribution in [0.25, 0.3) is 0 Å². The first-order valence-corrected chi connectivity index (χ1v) is 6.36. The molecule has 0 bridgehead atoms. The second-order valence-corrected chi connectivity index (χ2v) is 4.44. The number of hydrazine groups is 1. The number of esters is 1. The number of rotatable bonds is 3. The van der Waals surface area contributed by atoms with Crippen molar-refractivity contribution in [1.82, 2.24) is 15.4 Å². The molecule has 1 aromatic carbocycles. The standard InChI is InChI=1S/C14H12N4O3/c19-12(17-18-14-15-6-3-7-16-14)11-8-9-4-1-2-5-10(9)13(20)21-11/h1-7,11H,8H2,(H,17,19)(H,15,16,18). The molecular formula is C14H12N4O3. The van der Waals surface area contributed by atoms with Crippen molar-refractivity contribution in [3.8, 4) is 0 Å². The maximum Gasteiger partial charge on any atom is 0.339 e. The molecule has 106 valence electrons. The Morgan fingerprint density at radius 3 is 2.76 bits per heavy atom. The lowest BCUT2D eigenvalue weighted by Crippen LogP contribution is -2.44. The number of amides is 1. The topological polar surface area (TPSA) is 93.2 Å². The number of carbonyl (C=O) groups excluding carboxylic acids is 2. The number of nitrogens with one attached hydrogen (secondary N) is 2. The molecule has 2 N–H and O–H groups in total. The average molecular weight is 284 g/mol. The Balaban J connectivity index is 1.65. The summed E-state index contributed by atoms with van der Waals surface area (Å²) in [5, 5.41) is 0. The number of ether oxygens (including phenoxy) is 1. The van der Waals surface area contributed by atoms with E-state index in [0.717, 1.165) is 5.56 Å². The molecule has 2 heterocycles. The number of benzene rings is 1. The largest absolute Gasteiger partial charge is 0.448 e. The van der Waals surface area contributed by atoms with Gasteiger partial charge in [0.1, 0.15) is 0 Å². The molecule has 7 nitrogen and oxygen atoms in total. The summed E-state index contributed by atoms with van der Waals surface area (Å²) >= 11 is 0. The number of fused-ring (bicyclic) bond motifs is 1. The minimum atomic E-state index is -0.872. The highest BCUT2D eigenvalue weighted by Crippen LogP contribution is 2.20. The number of hydrogen-bond acceptors (Lipinski definition) is 6. The molecular weight excluding hydrogens is 272 g/mol. The summed E-state index contributed by atoms with van der Waals surface area (Å²) in [5.74, 6) is -0.688. The number of hydrogen-bond donors (Lipinski definition) is 2. The van der Waals surface area contributed by atoms with E-state index >= 15 is 0 Å². The lowest BCUT2D eigenvalue weighted by atomic mass is 9.98. The Kier molecular flexibility index (Phi) is 3.46. The highest BCUT2D eigenvalue weighted by Gasteiger charge is 2.30. The Hall–Kier alpha value is -2.96. The van der Waals surface area contributed by atoms with Gasteiger partial charge in [-0.2, -0.15) is 0 Å². The van der Waals surface area contributed by atoms with E-state index in [9.17, 15) is 9.59 Å². The van der Waals surface area contributed by atoms with Gasteiger partial charge < -0.3 is 4.74 Å². The van der Waals surface area contributed by atoms with Gasteiger partial charge in [-0.05, 0) is 17.7 Å². The third kappa shape index (κ3) is 2.81. The van der Waals surface area contributed by atoms with Crippen molar-refractivity contribution in [3.63, 3.8) is 0 Å². The van der Waals surface area contributed by atoms with Gasteiger partial charge >= 0.3 is 5.97 Å². The van der Waals surface area contributed by atoms with E-state index in [4.69, 9.17) is 4.74 Å². The molecule has 1 atom stereocenters. The normalized spacial score (nSPS) is 16.6. The molecule has 1 unspecified atom stereocenters. The fraction of sp³-hybridized carbons (Fsp3) is 0.143. The van der Waals surface area contributed by atoms with Crippen molar-refractivity contribution in [2.24, 2.45) is 0 Å². The molecule has 1 aliphatic rings. The summed E-state index contributed by atoms with van der Waals surface area (Å²) in [5.41, 5.74) is 6.29. The van der Waals surface area contributed by atoms with E-state index in [1.54, 1.807) is 30.6 Å². The van der Waals surface area contributed by atoms with E-state index in [0.29, 0.717) is 12.0 Å². The van der Waals surface area contributed by atoms with Crippen LogP contribution in [-0.4, -0.2) is 27.9 Å². The van der Waals surface area contributed by atoms with Gasteiger partial charge in [-0.25, -0.2) is 14.8 Å². The molecule has 7 heteroatoms. The van der Waals surface area contributed by atoms with Crippen LogP contribution in [0.4, 0.5) is 5.95 Å². The van der Waals surface area contributed by atoms with Crippen LogP contribution in [-0.2, 0) is 16.0 Å². The predicted molar refractivity (Wildman–Crippen MR) is 73.1 cm³/mol. The summed E-state index contributed by atoms with van der Waals surface area (Å²) in [4.78, 5) is 31.7. The molecule has 0 aliphatic carbocycles. The Labute approximate surface area is 120 Å². The quantitative estimate of drug-likeness (QED) is 0.636. The monoisotopic (exact) mass is 284 g/mol. The van der Waals surface area contributed by atoms with Gasteiger partial charge in [0.05, 0.1) is 5.56 Å². The molecule has 0 spiro atoms. The zero-order chi connectivity index (χ0) is 14.7. The van der Waals surface area contributed by atoms with Gasteiger partial charge in [-0.1, -0.05) is 18.2 Å². The molecule has 0 fully saturated rings. The molecule has 0 radical (unpaired) electrons. The first kappa shape index (κ1) is 13.0. The van der Waals surface area contributed by atoms with Crippen LogP contribution >= 0.6 is 0 Å². The van der Waals surface area contributed by atoms with E-state index in [-0.39, 0.29) is 5.95 Å². The SMILES string of the molecule is O=C1OC(C(=O)NNc2ncccn2)Cc2ccccc21. The van der Waals surface area contributed by atoms with E-state index < -0.39 is 18.0 Å². The molecule has 21 heavy (non-hydrogen) atoms. The lowest BCUT2D eigenvalue weighted by Gasteiger charge is -2.23. The third-order valence-electron chi connectivity index (χ3n) is 3.05. The van der Waals surface area contributed by atoms with Crippen molar-refractivity contribution in [1.29, 1.82) is 0 Å². The average Bonchev–Trinajstić information content (AvgIpc) is 2.53. The first-order valence-electron chi connectivity index (χ1n) is 6.36. The summed E-state index contributed by atoms with van der Waals surface area (Å²) in [7, 11) is 0. The smallest absolute Gasteiger partial charge is 0.339 e. The van der Waals surface area contributed by atoms with Crippen LogP contribution < -0.4 is 10.9 Å². The van der Waals surface area contributed by atoms with Crippen LogP contribution in [0.15, 0.2) is 42.7 Å². The van der Waals surface area contributed by atoms with E-state index in [1.807, 2.05) is 12.1 Å². The second-order valence-electron chi connectivity index (χ2n) is 4.44. The highest BCUT2D eigenvalue weighted by atomic mass is 16.5. The minimum Gasteiger partial charge on any atom is -0.448 e. The van der Waals surface area contributed by atoms with Crippen LogP contribution in [0.1, 0.15) is 15.9 Å². The predicted octanol–water partition coefficient (Wildman–Crippen LogP) is 0.701. The van der Waals surface area contributed by atoms with Crippen LogP contribution in [0, 0.1) is 0 Å². The summed E-state index contributed by atoms with van der Waals surface area (Å²) in [6.07, 6.45) is 2.55. The van der Waals surface area contributed by atoms with Crippen molar-refractivity contribution in [3.05, 3.63) is 53.9 Å². The molecule has 1 aromatic heterocycles. The highest BCUT2D eigenvalue weighted by molar-refractivity contribution is 5.95. The zero-order valence-electron chi connectivity index (χ0n) is 10.9. The Bertz CT molecular complexity index is 675. The number of carbonyl (C=O) groups is 2. The van der Waals surface area contributed by atoms with Gasteiger partial charge in [0.15, 0.2) is 6.10 Å². The molecule has 3 rings (SSSR count). The number of anilines is 1. The lowest BCUT2D eigenvalue weighted by molar-refractivity contribution is -0.129. The van der Waals surface area contributed by atoms with Gasteiger partial charge in [0, 0.05) is 18.8 Å². The van der Waals surface area contributed by atoms with Crippen LogP contribution in [0.5, 0.6) is 0 Å². The van der Waals surface area contributed by atoms with E-state index in [2.05, 4.69) is 20.8 Å². The number of cyclic esters (lactones) is 1. The molecule has 0 saturated carbocycles. The molecule has 2 aromatic rings. The Morgan fingerprint density at radius 2 is 1.95 bits per heavy atom. The van der Waals surface area contributed by atoms with Crippen LogP contribution in [0.3, 0.4) is 0 Å². The van der Waals surface area contributed by atoms with Crippen LogP contribution in [0.2, 0.25) is 0 Å². The van der Waals surface area contributed by atoms with Crippen molar-refractivity contribution < 1.29 is 14.3 Å². The van der Waals surface area contributed by atoms with Crippen molar-refractivity contribution >= 4 is 17.8 Å². The second kappa shape index (κ2) is 5.58. The van der Waals surface area contributed by atoms with Gasteiger partial charge in [0.2, 0.25) is 5.95 Å². The van der Waals surface area contributed by atoms with Crippen molar-refractivity contribution in [2.75, 3.05) is 5.43 Å². The molecule has 0 saturated heterocycles. The Morgan fingerprint density at radius 1 is 1.19 bits per heavy atom. The maximum atomic E-state index is 12.0. The van der Waals surface area contributed by atoms with Crippen molar-refractivity contribution in [2.45, 2.75) is 12.5 Å². The number of aromatic nitrogens is 2. The van der Waals surface area contributed by atoms with Gasteiger partial charge in [-0.3, -0.25) is 15.6 Å². The minimum absolute atomic E-state index is 0.258. The maximum absolute atomic E-state index is 12.0. The van der Waals surface area contributed by atoms with Gasteiger partial charge in [0.25, 0.3) is 5.91 Å². The third-order valence-corrected chi connectivity index (χ3v) is 3.05. The fourth-order valence-corrected chi connectivity index (χ4v) is 2.04. The summed E-state index contributed by atoms with van der Waals surface area (Å²) < 4.78 is 5.13. The number of nitrogens with zero attached hydrogens (tertiary/aromatic N) is 2. The van der Waals surface area contributed by atoms with E-state index in [1.165, 1.54) is 0 Å². The first-order chi connectivity index (χ1) is 10.2. The summed E-state index contributed by atoms with van der Waals surface area (Å²) in [6, 6.07) is 8.73.